The molecule has 0 spiro atoms. The van der Waals surface area contributed by atoms with E-state index in [1.807, 2.05) is 0 Å². The average Bonchev–Trinajstić information content (AvgIpc) is 2.41. The Balaban J connectivity index is 2.26. The molecule has 1 unspecified atom stereocenters. The van der Waals surface area contributed by atoms with E-state index in [1.54, 1.807) is 7.11 Å². The first-order valence-corrected chi connectivity index (χ1v) is 7.30. The molecule has 0 fully saturated rings. The Morgan fingerprint density at radius 3 is 2.15 bits per heavy atom. The summed E-state index contributed by atoms with van der Waals surface area (Å²) in [6.07, 6.45) is 0.847. The second-order valence-corrected chi connectivity index (χ2v) is 5.81. The normalized spacial score (nSPS) is 12.2. The van der Waals surface area contributed by atoms with Crippen molar-refractivity contribution in [3.8, 4) is 5.75 Å². The van der Waals surface area contributed by atoms with Gasteiger partial charge >= 0.3 is 0 Å². The van der Waals surface area contributed by atoms with E-state index in [9.17, 15) is 0 Å². The highest BCUT2D eigenvalue weighted by Gasteiger charge is 2.13. The molecule has 0 aliphatic carbocycles. The predicted molar refractivity (Wildman–Crippen MR) is 85.9 cm³/mol. The SMILES string of the molecule is COc1c(C)cc(C(Cl)Cc2ccccc2C)cc1C. The van der Waals surface area contributed by atoms with Crippen LogP contribution in [0.5, 0.6) is 5.75 Å². The molecule has 1 nitrogen and oxygen atoms in total. The number of alkyl halides is 1. The van der Waals surface area contributed by atoms with Crippen LogP contribution in [0, 0.1) is 20.8 Å². The fourth-order valence-corrected chi connectivity index (χ4v) is 2.93. The molecule has 0 aromatic heterocycles. The standard InChI is InChI=1S/C18H21ClO/c1-12-7-5-6-8-15(12)11-17(19)16-9-13(2)18(20-4)14(3)10-16/h5-10,17H,11H2,1-4H3. The first-order valence-electron chi connectivity index (χ1n) is 6.86. The van der Waals surface area contributed by atoms with Crippen LogP contribution in [-0.2, 0) is 6.42 Å². The maximum Gasteiger partial charge on any atom is 0.124 e. The number of halogens is 1. The molecule has 20 heavy (non-hydrogen) atoms. The van der Waals surface area contributed by atoms with Crippen molar-refractivity contribution in [1.29, 1.82) is 0 Å². The molecule has 0 aliphatic rings. The Bertz CT molecular complexity index is 581. The van der Waals surface area contributed by atoms with Crippen molar-refractivity contribution in [3.63, 3.8) is 0 Å². The Morgan fingerprint density at radius 2 is 1.60 bits per heavy atom. The van der Waals surface area contributed by atoms with Crippen LogP contribution >= 0.6 is 11.6 Å². The van der Waals surface area contributed by atoms with E-state index >= 15 is 0 Å². The van der Waals surface area contributed by atoms with E-state index < -0.39 is 0 Å². The summed E-state index contributed by atoms with van der Waals surface area (Å²) in [6.45, 7) is 6.25. The van der Waals surface area contributed by atoms with Gasteiger partial charge in [-0.15, -0.1) is 11.6 Å². The Morgan fingerprint density at radius 1 is 1.00 bits per heavy atom. The molecule has 0 saturated heterocycles. The van der Waals surface area contributed by atoms with E-state index in [0.717, 1.165) is 28.9 Å². The average molecular weight is 289 g/mol. The Hall–Kier alpha value is -1.47. The Kier molecular flexibility index (Phi) is 4.72. The molecule has 106 valence electrons. The van der Waals surface area contributed by atoms with Crippen molar-refractivity contribution in [2.24, 2.45) is 0 Å². The summed E-state index contributed by atoms with van der Waals surface area (Å²) >= 11 is 6.61. The summed E-state index contributed by atoms with van der Waals surface area (Å²) in [6, 6.07) is 12.7. The summed E-state index contributed by atoms with van der Waals surface area (Å²) in [4.78, 5) is 0. The van der Waals surface area contributed by atoms with E-state index in [-0.39, 0.29) is 5.38 Å². The third-order valence-corrected chi connectivity index (χ3v) is 4.12. The van der Waals surface area contributed by atoms with Gasteiger partial charge in [0, 0.05) is 0 Å². The summed E-state index contributed by atoms with van der Waals surface area (Å²) in [7, 11) is 1.71. The lowest BCUT2D eigenvalue weighted by Gasteiger charge is -2.16. The largest absolute Gasteiger partial charge is 0.496 e. The second kappa shape index (κ2) is 6.32. The Labute approximate surface area is 126 Å². The first kappa shape index (κ1) is 14.9. The van der Waals surface area contributed by atoms with E-state index in [1.165, 1.54) is 11.1 Å². The minimum absolute atomic E-state index is 0.0144. The topological polar surface area (TPSA) is 9.23 Å². The van der Waals surface area contributed by atoms with Crippen LogP contribution in [-0.4, -0.2) is 7.11 Å². The van der Waals surface area contributed by atoms with Gasteiger partial charge in [0.1, 0.15) is 5.75 Å². The van der Waals surface area contributed by atoms with Crippen LogP contribution in [0.3, 0.4) is 0 Å². The third kappa shape index (κ3) is 3.16. The van der Waals surface area contributed by atoms with Gasteiger partial charge in [-0.25, -0.2) is 0 Å². The summed E-state index contributed by atoms with van der Waals surface area (Å²) in [5.41, 5.74) is 6.03. The van der Waals surface area contributed by atoms with Crippen molar-refractivity contribution >= 4 is 11.6 Å². The fraction of sp³-hybridized carbons (Fsp3) is 0.333. The summed E-state index contributed by atoms with van der Waals surface area (Å²) in [5, 5.41) is -0.0144. The van der Waals surface area contributed by atoms with Crippen molar-refractivity contribution < 1.29 is 4.74 Å². The van der Waals surface area contributed by atoms with Gasteiger partial charge in [-0.1, -0.05) is 36.4 Å². The van der Waals surface area contributed by atoms with Crippen molar-refractivity contribution in [2.45, 2.75) is 32.6 Å². The zero-order valence-corrected chi connectivity index (χ0v) is 13.3. The molecule has 2 aromatic rings. The maximum atomic E-state index is 6.61. The van der Waals surface area contributed by atoms with Crippen LogP contribution in [0.15, 0.2) is 36.4 Å². The molecule has 1 atom stereocenters. The number of aryl methyl sites for hydroxylation is 3. The molecule has 2 heteroatoms. The maximum absolute atomic E-state index is 6.61. The lowest BCUT2D eigenvalue weighted by molar-refractivity contribution is 0.408. The second-order valence-electron chi connectivity index (χ2n) is 5.29. The van der Waals surface area contributed by atoms with Crippen LogP contribution in [0.4, 0.5) is 0 Å². The predicted octanol–water partition coefficient (Wildman–Crippen LogP) is 5.14. The minimum atomic E-state index is -0.0144. The van der Waals surface area contributed by atoms with E-state index in [0.29, 0.717) is 0 Å². The molecule has 2 rings (SSSR count). The van der Waals surface area contributed by atoms with Crippen molar-refractivity contribution in [1.82, 2.24) is 0 Å². The first-order chi connectivity index (χ1) is 9.52. The third-order valence-electron chi connectivity index (χ3n) is 3.71. The molecule has 2 aromatic carbocycles. The number of methoxy groups -OCH3 is 1. The number of hydrogen-bond acceptors (Lipinski definition) is 1. The van der Waals surface area contributed by atoms with Gasteiger partial charge in [0.05, 0.1) is 12.5 Å². The summed E-state index contributed by atoms with van der Waals surface area (Å²) in [5.74, 6) is 0.952. The van der Waals surface area contributed by atoms with Crippen molar-refractivity contribution in [3.05, 3.63) is 64.2 Å². The smallest absolute Gasteiger partial charge is 0.124 e. The fourth-order valence-electron chi connectivity index (χ4n) is 2.64. The molecule has 0 heterocycles. The van der Waals surface area contributed by atoms with Gasteiger partial charge < -0.3 is 4.74 Å². The van der Waals surface area contributed by atoms with Gasteiger partial charge in [-0.2, -0.15) is 0 Å². The van der Waals surface area contributed by atoms with Crippen LogP contribution in [0.1, 0.15) is 33.2 Å². The summed E-state index contributed by atoms with van der Waals surface area (Å²) < 4.78 is 5.40. The highest BCUT2D eigenvalue weighted by Crippen LogP contribution is 2.32. The molecule has 0 N–H and O–H groups in total. The van der Waals surface area contributed by atoms with Gasteiger partial charge in [0.15, 0.2) is 0 Å². The van der Waals surface area contributed by atoms with E-state index in [4.69, 9.17) is 16.3 Å². The van der Waals surface area contributed by atoms with Crippen LogP contribution in [0.25, 0.3) is 0 Å². The van der Waals surface area contributed by atoms with Crippen LogP contribution < -0.4 is 4.74 Å². The van der Waals surface area contributed by atoms with E-state index in [2.05, 4.69) is 57.2 Å². The van der Waals surface area contributed by atoms with Gasteiger partial charge in [-0.3, -0.25) is 0 Å². The number of hydrogen-bond donors (Lipinski definition) is 0. The zero-order chi connectivity index (χ0) is 14.7. The number of rotatable bonds is 4. The van der Waals surface area contributed by atoms with Gasteiger partial charge in [-0.05, 0) is 55.0 Å². The quantitative estimate of drug-likeness (QED) is 0.708. The molecule has 0 saturated carbocycles. The highest BCUT2D eigenvalue weighted by molar-refractivity contribution is 6.21. The molecule has 0 aliphatic heterocycles. The van der Waals surface area contributed by atoms with Crippen molar-refractivity contribution in [2.75, 3.05) is 7.11 Å². The monoisotopic (exact) mass is 288 g/mol. The minimum Gasteiger partial charge on any atom is -0.496 e. The lowest BCUT2D eigenvalue weighted by Crippen LogP contribution is -2.00. The lowest BCUT2D eigenvalue weighted by atomic mass is 9.97. The zero-order valence-electron chi connectivity index (χ0n) is 12.5. The highest BCUT2D eigenvalue weighted by atomic mass is 35.5. The number of ether oxygens (including phenoxy) is 1. The van der Waals surface area contributed by atoms with Gasteiger partial charge in [0.2, 0.25) is 0 Å². The molecule has 0 radical (unpaired) electrons. The van der Waals surface area contributed by atoms with Crippen LogP contribution in [0.2, 0.25) is 0 Å². The molecule has 0 amide bonds. The van der Waals surface area contributed by atoms with Gasteiger partial charge in [0.25, 0.3) is 0 Å². The number of benzene rings is 2. The molecular formula is C18H21ClO. The molecular weight excluding hydrogens is 268 g/mol. The molecule has 0 bridgehead atoms.